The minimum Gasteiger partial charge on any atom is -0.497 e. The number of H-pyrrole nitrogens is 1. The topological polar surface area (TPSA) is 102 Å². The molecule has 0 bridgehead atoms. The van der Waals surface area contributed by atoms with Gasteiger partial charge in [0.25, 0.3) is 0 Å². The summed E-state index contributed by atoms with van der Waals surface area (Å²) in [4.78, 5) is 0. The Morgan fingerprint density at radius 1 is 1.47 bits per heavy atom. The molecule has 6 nitrogen and oxygen atoms in total. The first-order valence-electron chi connectivity index (χ1n) is 5.15. The molecule has 0 aliphatic rings. The Morgan fingerprint density at radius 2 is 2.29 bits per heavy atom. The van der Waals surface area contributed by atoms with Gasteiger partial charge in [-0.25, -0.2) is 5.43 Å². The van der Waals surface area contributed by atoms with E-state index in [4.69, 9.17) is 16.3 Å². The van der Waals surface area contributed by atoms with Crippen molar-refractivity contribution in [1.29, 1.82) is 0 Å². The molecule has 6 heteroatoms. The zero-order chi connectivity index (χ0) is 12.3. The Morgan fingerprint density at radius 3 is 2.88 bits per heavy atom. The number of rotatable bonds is 4. The lowest BCUT2D eigenvalue weighted by atomic mass is 10.0. The van der Waals surface area contributed by atoms with Crippen molar-refractivity contribution in [3.63, 3.8) is 0 Å². The van der Waals surface area contributed by atoms with Crippen molar-refractivity contribution in [1.82, 2.24) is 15.6 Å². The van der Waals surface area contributed by atoms with Gasteiger partial charge in [-0.05, 0) is 17.7 Å². The van der Waals surface area contributed by atoms with E-state index in [0.717, 1.165) is 16.9 Å². The van der Waals surface area contributed by atoms with E-state index < -0.39 is 0 Å². The minimum absolute atomic E-state index is 0.219. The molecular formula is C11H15N5O. The summed E-state index contributed by atoms with van der Waals surface area (Å²) in [6.45, 7) is 0. The van der Waals surface area contributed by atoms with E-state index in [1.807, 2.05) is 24.3 Å². The van der Waals surface area contributed by atoms with Gasteiger partial charge >= 0.3 is 0 Å². The molecular weight excluding hydrogens is 218 g/mol. The summed E-state index contributed by atoms with van der Waals surface area (Å²) in [5.74, 6) is 6.83. The van der Waals surface area contributed by atoms with Gasteiger partial charge in [-0.3, -0.25) is 10.9 Å². The van der Waals surface area contributed by atoms with Gasteiger partial charge in [0.05, 0.1) is 19.3 Å². The summed E-state index contributed by atoms with van der Waals surface area (Å²) < 4.78 is 5.17. The molecule has 1 aromatic carbocycles. The first kappa shape index (κ1) is 11.4. The summed E-state index contributed by atoms with van der Waals surface area (Å²) in [5, 5.41) is 6.56. The Labute approximate surface area is 98.9 Å². The number of nitrogens with zero attached hydrogens (tertiary/aromatic N) is 1. The van der Waals surface area contributed by atoms with E-state index in [2.05, 4.69) is 15.6 Å². The second-order valence-electron chi connectivity index (χ2n) is 3.62. The molecule has 17 heavy (non-hydrogen) atoms. The summed E-state index contributed by atoms with van der Waals surface area (Å²) in [5.41, 5.74) is 10.3. The summed E-state index contributed by atoms with van der Waals surface area (Å²) in [6, 6.07) is 7.39. The number of aromatic amines is 1. The van der Waals surface area contributed by atoms with E-state index in [0.29, 0.717) is 5.82 Å². The average molecular weight is 233 g/mol. The lowest BCUT2D eigenvalue weighted by Crippen LogP contribution is -2.29. The molecule has 0 radical (unpaired) electrons. The highest BCUT2D eigenvalue weighted by Gasteiger charge is 2.17. The van der Waals surface area contributed by atoms with Gasteiger partial charge in [-0.1, -0.05) is 12.1 Å². The lowest BCUT2D eigenvalue weighted by Gasteiger charge is -2.16. The highest BCUT2D eigenvalue weighted by molar-refractivity contribution is 5.45. The molecule has 1 heterocycles. The minimum atomic E-state index is -0.219. The van der Waals surface area contributed by atoms with Crippen LogP contribution in [0.15, 0.2) is 30.5 Å². The van der Waals surface area contributed by atoms with E-state index in [-0.39, 0.29) is 6.04 Å². The zero-order valence-corrected chi connectivity index (χ0v) is 9.47. The van der Waals surface area contributed by atoms with Crippen LogP contribution in [0, 0.1) is 0 Å². The van der Waals surface area contributed by atoms with Gasteiger partial charge < -0.3 is 10.5 Å². The number of anilines is 1. The van der Waals surface area contributed by atoms with Crippen molar-refractivity contribution < 1.29 is 4.74 Å². The number of hydrogen-bond acceptors (Lipinski definition) is 5. The van der Waals surface area contributed by atoms with Gasteiger partial charge in [0.15, 0.2) is 0 Å². The van der Waals surface area contributed by atoms with Crippen LogP contribution in [-0.2, 0) is 0 Å². The number of aromatic nitrogens is 2. The van der Waals surface area contributed by atoms with Gasteiger partial charge in [-0.2, -0.15) is 5.10 Å². The van der Waals surface area contributed by atoms with E-state index in [1.165, 1.54) is 0 Å². The zero-order valence-electron chi connectivity index (χ0n) is 9.47. The number of benzene rings is 1. The second kappa shape index (κ2) is 4.86. The largest absolute Gasteiger partial charge is 0.497 e. The third kappa shape index (κ3) is 2.22. The van der Waals surface area contributed by atoms with Crippen LogP contribution in [-0.4, -0.2) is 17.3 Å². The average Bonchev–Trinajstić information content (AvgIpc) is 2.77. The van der Waals surface area contributed by atoms with E-state index in [1.54, 1.807) is 13.3 Å². The maximum atomic E-state index is 5.78. The van der Waals surface area contributed by atoms with E-state index in [9.17, 15) is 0 Å². The number of hydrogen-bond donors (Lipinski definition) is 4. The molecule has 2 aromatic rings. The first-order valence-corrected chi connectivity index (χ1v) is 5.15. The van der Waals surface area contributed by atoms with Crippen molar-refractivity contribution in [2.75, 3.05) is 12.8 Å². The van der Waals surface area contributed by atoms with Gasteiger partial charge in [-0.15, -0.1) is 0 Å². The number of nitrogen functional groups attached to an aromatic ring is 1. The van der Waals surface area contributed by atoms with Crippen molar-refractivity contribution >= 4 is 5.82 Å². The highest BCUT2D eigenvalue weighted by atomic mass is 16.5. The molecule has 1 aromatic heterocycles. The lowest BCUT2D eigenvalue weighted by molar-refractivity contribution is 0.413. The van der Waals surface area contributed by atoms with Gasteiger partial charge in [0.2, 0.25) is 0 Å². The van der Waals surface area contributed by atoms with Crippen molar-refractivity contribution in [2.45, 2.75) is 6.04 Å². The van der Waals surface area contributed by atoms with Crippen molar-refractivity contribution in [3.8, 4) is 5.75 Å². The molecule has 0 spiro atoms. The molecule has 0 aliphatic heterocycles. The molecule has 90 valence electrons. The Hall–Kier alpha value is -2.05. The molecule has 0 amide bonds. The molecule has 2 rings (SSSR count). The fourth-order valence-corrected chi connectivity index (χ4v) is 1.72. The number of nitrogens with two attached hydrogens (primary N) is 2. The summed E-state index contributed by atoms with van der Waals surface area (Å²) >= 11 is 0. The number of nitrogens with one attached hydrogen (secondary N) is 2. The predicted molar refractivity (Wildman–Crippen MR) is 65.2 cm³/mol. The first-order chi connectivity index (χ1) is 8.26. The molecule has 0 saturated carbocycles. The van der Waals surface area contributed by atoms with E-state index >= 15 is 0 Å². The van der Waals surface area contributed by atoms with Crippen LogP contribution in [0.4, 0.5) is 5.82 Å². The van der Waals surface area contributed by atoms with Crippen LogP contribution in [0.5, 0.6) is 5.75 Å². The highest BCUT2D eigenvalue weighted by Crippen LogP contribution is 2.26. The third-order valence-corrected chi connectivity index (χ3v) is 2.60. The van der Waals surface area contributed by atoms with Crippen LogP contribution in [0.1, 0.15) is 17.2 Å². The summed E-state index contributed by atoms with van der Waals surface area (Å²) in [6.07, 6.45) is 1.65. The third-order valence-electron chi connectivity index (χ3n) is 2.60. The van der Waals surface area contributed by atoms with Crippen LogP contribution < -0.4 is 21.7 Å². The summed E-state index contributed by atoms with van der Waals surface area (Å²) in [7, 11) is 1.62. The Balaban J connectivity index is 2.38. The SMILES string of the molecule is COc1cccc(C(NN)c2cn[nH]c2N)c1. The fourth-order valence-electron chi connectivity index (χ4n) is 1.72. The van der Waals surface area contributed by atoms with Crippen LogP contribution >= 0.6 is 0 Å². The van der Waals surface area contributed by atoms with Crippen molar-refractivity contribution in [3.05, 3.63) is 41.6 Å². The molecule has 0 aliphatic carbocycles. The van der Waals surface area contributed by atoms with Crippen LogP contribution in [0.3, 0.4) is 0 Å². The molecule has 6 N–H and O–H groups in total. The normalized spacial score (nSPS) is 12.4. The Bertz CT molecular complexity index is 496. The van der Waals surface area contributed by atoms with Crippen LogP contribution in [0.2, 0.25) is 0 Å². The predicted octanol–water partition coefficient (Wildman–Crippen LogP) is 0.553. The smallest absolute Gasteiger partial charge is 0.124 e. The fraction of sp³-hybridized carbons (Fsp3) is 0.182. The maximum Gasteiger partial charge on any atom is 0.124 e. The Kier molecular flexibility index (Phi) is 3.27. The quantitative estimate of drug-likeness (QED) is 0.456. The molecule has 1 atom stereocenters. The van der Waals surface area contributed by atoms with Gasteiger partial charge in [0, 0.05) is 5.56 Å². The molecule has 0 saturated heterocycles. The number of hydrazine groups is 1. The maximum absolute atomic E-state index is 5.78. The van der Waals surface area contributed by atoms with Gasteiger partial charge in [0.1, 0.15) is 11.6 Å². The number of ether oxygens (including phenoxy) is 1. The second-order valence-corrected chi connectivity index (χ2v) is 3.62. The standard InChI is InChI=1S/C11H15N5O/c1-17-8-4-2-3-7(5-8)10(15-13)9-6-14-16-11(9)12/h2-6,10,15H,13H2,1H3,(H3,12,14,16). The number of methoxy groups -OCH3 is 1. The monoisotopic (exact) mass is 233 g/mol. The molecule has 1 unspecified atom stereocenters. The molecule has 0 fully saturated rings. The van der Waals surface area contributed by atoms with Crippen LogP contribution in [0.25, 0.3) is 0 Å². The van der Waals surface area contributed by atoms with Crippen molar-refractivity contribution in [2.24, 2.45) is 5.84 Å².